The molecule has 0 spiro atoms. The van der Waals surface area contributed by atoms with E-state index in [2.05, 4.69) is 24.1 Å². The average Bonchev–Trinajstić information content (AvgIpc) is 3.15. The van der Waals surface area contributed by atoms with Gasteiger partial charge in [0.05, 0.1) is 0 Å². The van der Waals surface area contributed by atoms with E-state index in [1.54, 1.807) is 0 Å². The summed E-state index contributed by atoms with van der Waals surface area (Å²) >= 11 is 0. The molecule has 0 aromatic heterocycles. The summed E-state index contributed by atoms with van der Waals surface area (Å²) in [6.45, 7) is 6.10. The lowest BCUT2D eigenvalue weighted by Gasteiger charge is -2.30. The molecule has 0 amide bonds. The Labute approximate surface area is 113 Å². The van der Waals surface area contributed by atoms with Crippen molar-refractivity contribution >= 4 is 0 Å². The van der Waals surface area contributed by atoms with E-state index < -0.39 is 0 Å². The van der Waals surface area contributed by atoms with Crippen LogP contribution in [0.25, 0.3) is 0 Å². The van der Waals surface area contributed by atoms with Gasteiger partial charge in [-0.25, -0.2) is 0 Å². The van der Waals surface area contributed by atoms with E-state index in [1.807, 2.05) is 0 Å². The van der Waals surface area contributed by atoms with Gasteiger partial charge in [0, 0.05) is 30.7 Å². The SMILES string of the molecule is CCC1CCC(NC2CC(C)N(C3CC3)C2)CC1. The topological polar surface area (TPSA) is 15.3 Å². The maximum Gasteiger partial charge on any atom is 0.0212 e. The van der Waals surface area contributed by atoms with Crippen LogP contribution in [-0.2, 0) is 0 Å². The Morgan fingerprint density at radius 2 is 1.72 bits per heavy atom. The second kappa shape index (κ2) is 5.50. The predicted octanol–water partition coefficient (Wildman–Crippen LogP) is 3.17. The van der Waals surface area contributed by atoms with Crippen LogP contribution >= 0.6 is 0 Å². The maximum absolute atomic E-state index is 3.96. The van der Waals surface area contributed by atoms with Crippen LogP contribution < -0.4 is 5.32 Å². The monoisotopic (exact) mass is 250 g/mol. The molecule has 1 aliphatic heterocycles. The molecule has 3 fully saturated rings. The molecule has 1 heterocycles. The Bertz CT molecular complexity index is 266. The van der Waals surface area contributed by atoms with Crippen molar-refractivity contribution in [2.75, 3.05) is 6.54 Å². The summed E-state index contributed by atoms with van der Waals surface area (Å²) in [5, 5.41) is 3.96. The van der Waals surface area contributed by atoms with Crippen molar-refractivity contribution < 1.29 is 0 Å². The Morgan fingerprint density at radius 3 is 2.33 bits per heavy atom. The number of rotatable bonds is 4. The van der Waals surface area contributed by atoms with Crippen LogP contribution in [0.4, 0.5) is 0 Å². The van der Waals surface area contributed by atoms with Crippen LogP contribution in [0, 0.1) is 5.92 Å². The molecule has 1 saturated heterocycles. The normalized spacial score (nSPS) is 42.3. The first-order valence-corrected chi connectivity index (χ1v) is 8.28. The van der Waals surface area contributed by atoms with E-state index in [4.69, 9.17) is 0 Å². The minimum absolute atomic E-state index is 0.781. The summed E-state index contributed by atoms with van der Waals surface area (Å²) in [7, 11) is 0. The zero-order valence-electron chi connectivity index (χ0n) is 12.2. The number of likely N-dealkylation sites (tertiary alicyclic amines) is 1. The van der Waals surface area contributed by atoms with Gasteiger partial charge in [-0.3, -0.25) is 4.90 Å². The summed E-state index contributed by atoms with van der Waals surface area (Å²) in [5.41, 5.74) is 0. The fraction of sp³-hybridized carbons (Fsp3) is 1.00. The average molecular weight is 250 g/mol. The van der Waals surface area contributed by atoms with Crippen molar-refractivity contribution in [1.82, 2.24) is 10.2 Å². The van der Waals surface area contributed by atoms with Gasteiger partial charge in [0.25, 0.3) is 0 Å². The van der Waals surface area contributed by atoms with Crippen molar-refractivity contribution in [3.05, 3.63) is 0 Å². The zero-order chi connectivity index (χ0) is 12.5. The Balaban J connectivity index is 1.43. The summed E-state index contributed by atoms with van der Waals surface area (Å²) < 4.78 is 0. The molecule has 2 nitrogen and oxygen atoms in total. The first-order valence-electron chi connectivity index (χ1n) is 8.28. The maximum atomic E-state index is 3.96. The smallest absolute Gasteiger partial charge is 0.0212 e. The second-order valence-corrected chi connectivity index (χ2v) is 7.00. The number of hydrogen-bond donors (Lipinski definition) is 1. The second-order valence-electron chi connectivity index (χ2n) is 7.00. The van der Waals surface area contributed by atoms with Gasteiger partial charge in [0.15, 0.2) is 0 Å². The van der Waals surface area contributed by atoms with Gasteiger partial charge in [-0.05, 0) is 57.8 Å². The Kier molecular flexibility index (Phi) is 3.95. The van der Waals surface area contributed by atoms with Gasteiger partial charge in [0.1, 0.15) is 0 Å². The van der Waals surface area contributed by atoms with Crippen molar-refractivity contribution in [3.8, 4) is 0 Å². The lowest BCUT2D eigenvalue weighted by Crippen LogP contribution is -2.42. The molecule has 0 aromatic rings. The number of nitrogens with zero attached hydrogens (tertiary/aromatic N) is 1. The molecular weight excluding hydrogens is 220 g/mol. The van der Waals surface area contributed by atoms with Gasteiger partial charge < -0.3 is 5.32 Å². The van der Waals surface area contributed by atoms with Crippen LogP contribution in [0.5, 0.6) is 0 Å². The summed E-state index contributed by atoms with van der Waals surface area (Å²) in [5.74, 6) is 1.02. The minimum Gasteiger partial charge on any atom is -0.310 e. The van der Waals surface area contributed by atoms with Crippen LogP contribution in [0.3, 0.4) is 0 Å². The van der Waals surface area contributed by atoms with Crippen LogP contribution in [0.2, 0.25) is 0 Å². The molecule has 3 rings (SSSR count). The molecule has 104 valence electrons. The van der Waals surface area contributed by atoms with E-state index in [0.717, 1.165) is 30.1 Å². The van der Waals surface area contributed by atoms with Gasteiger partial charge >= 0.3 is 0 Å². The molecule has 2 aliphatic carbocycles. The highest BCUT2D eigenvalue weighted by molar-refractivity contribution is 4.97. The largest absolute Gasteiger partial charge is 0.310 e. The van der Waals surface area contributed by atoms with Gasteiger partial charge in [-0.15, -0.1) is 0 Å². The standard InChI is InChI=1S/C16H30N2/c1-3-13-4-6-14(7-5-13)17-15-10-12(2)18(11-15)16-8-9-16/h12-17H,3-11H2,1-2H3. The molecular formula is C16H30N2. The van der Waals surface area contributed by atoms with Crippen molar-refractivity contribution in [2.24, 2.45) is 5.92 Å². The Hall–Kier alpha value is -0.0800. The van der Waals surface area contributed by atoms with E-state index in [-0.39, 0.29) is 0 Å². The first kappa shape index (κ1) is 12.9. The van der Waals surface area contributed by atoms with Crippen molar-refractivity contribution in [2.45, 2.75) is 89.4 Å². The third-order valence-electron chi connectivity index (χ3n) is 5.53. The fourth-order valence-electron chi connectivity index (χ4n) is 4.16. The fourth-order valence-corrected chi connectivity index (χ4v) is 4.16. The summed E-state index contributed by atoms with van der Waals surface area (Å²) in [6, 6.07) is 3.37. The Morgan fingerprint density at radius 1 is 1.00 bits per heavy atom. The molecule has 2 saturated carbocycles. The third kappa shape index (κ3) is 2.91. The minimum atomic E-state index is 0.781. The van der Waals surface area contributed by atoms with Crippen LogP contribution in [0.15, 0.2) is 0 Å². The van der Waals surface area contributed by atoms with E-state index >= 15 is 0 Å². The van der Waals surface area contributed by atoms with E-state index in [1.165, 1.54) is 57.9 Å². The van der Waals surface area contributed by atoms with Crippen LogP contribution in [-0.4, -0.2) is 35.6 Å². The molecule has 18 heavy (non-hydrogen) atoms. The summed E-state index contributed by atoms with van der Waals surface area (Å²) in [4.78, 5) is 2.76. The highest BCUT2D eigenvalue weighted by Crippen LogP contribution is 2.34. The lowest BCUT2D eigenvalue weighted by atomic mass is 9.84. The third-order valence-corrected chi connectivity index (χ3v) is 5.53. The molecule has 0 radical (unpaired) electrons. The zero-order valence-corrected chi connectivity index (χ0v) is 12.2. The van der Waals surface area contributed by atoms with Crippen molar-refractivity contribution in [3.63, 3.8) is 0 Å². The molecule has 2 atom stereocenters. The van der Waals surface area contributed by atoms with Gasteiger partial charge in [-0.2, -0.15) is 0 Å². The highest BCUT2D eigenvalue weighted by Gasteiger charge is 2.39. The van der Waals surface area contributed by atoms with E-state index in [9.17, 15) is 0 Å². The number of nitrogens with one attached hydrogen (secondary N) is 1. The number of hydrogen-bond acceptors (Lipinski definition) is 2. The molecule has 0 aromatic carbocycles. The van der Waals surface area contributed by atoms with Gasteiger partial charge in [0.2, 0.25) is 0 Å². The van der Waals surface area contributed by atoms with Crippen molar-refractivity contribution in [1.29, 1.82) is 0 Å². The first-order chi connectivity index (χ1) is 8.76. The molecule has 3 aliphatic rings. The van der Waals surface area contributed by atoms with Crippen LogP contribution in [0.1, 0.15) is 65.2 Å². The highest BCUT2D eigenvalue weighted by atomic mass is 15.3. The van der Waals surface area contributed by atoms with Gasteiger partial charge in [-0.1, -0.05) is 13.3 Å². The molecule has 1 N–H and O–H groups in total. The predicted molar refractivity (Wildman–Crippen MR) is 76.8 cm³/mol. The quantitative estimate of drug-likeness (QED) is 0.824. The molecule has 0 bridgehead atoms. The van der Waals surface area contributed by atoms with E-state index in [0.29, 0.717) is 0 Å². The molecule has 2 heteroatoms. The summed E-state index contributed by atoms with van der Waals surface area (Å²) in [6.07, 6.45) is 11.5. The molecule has 2 unspecified atom stereocenters. The lowest BCUT2D eigenvalue weighted by molar-refractivity contribution is 0.245.